The molecule has 0 aromatic heterocycles. The fourth-order valence-corrected chi connectivity index (χ4v) is 2.21. The maximum Gasteiger partial charge on any atom is 0.217 e. The zero-order chi connectivity index (χ0) is 14.6. The SMILES string of the molecule is COCC[C@]1(O)C(NC(C)=O)[C@H](O)OC(CO)[C@H]1O. The molecule has 0 aromatic rings. The number of amides is 1. The highest BCUT2D eigenvalue weighted by molar-refractivity contribution is 5.73. The van der Waals surface area contributed by atoms with Gasteiger partial charge in [0.2, 0.25) is 5.91 Å². The quantitative estimate of drug-likeness (QED) is 0.371. The summed E-state index contributed by atoms with van der Waals surface area (Å²) in [7, 11) is 1.42. The van der Waals surface area contributed by atoms with E-state index in [9.17, 15) is 20.1 Å². The van der Waals surface area contributed by atoms with Crippen LogP contribution in [0, 0.1) is 0 Å². The molecule has 1 saturated heterocycles. The molecule has 5 N–H and O–H groups in total. The first-order valence-corrected chi connectivity index (χ1v) is 5.97. The van der Waals surface area contributed by atoms with Crippen molar-refractivity contribution in [1.29, 1.82) is 0 Å². The topological polar surface area (TPSA) is 128 Å². The van der Waals surface area contributed by atoms with Gasteiger partial charge >= 0.3 is 0 Å². The maximum absolute atomic E-state index is 11.1. The van der Waals surface area contributed by atoms with Crippen molar-refractivity contribution in [3.8, 4) is 0 Å². The molecule has 19 heavy (non-hydrogen) atoms. The molecule has 112 valence electrons. The van der Waals surface area contributed by atoms with E-state index in [0.29, 0.717) is 0 Å². The first-order chi connectivity index (χ1) is 8.86. The zero-order valence-electron chi connectivity index (χ0n) is 10.9. The van der Waals surface area contributed by atoms with E-state index in [1.54, 1.807) is 0 Å². The third-order valence-electron chi connectivity index (χ3n) is 3.25. The van der Waals surface area contributed by atoms with Crippen LogP contribution in [-0.4, -0.2) is 76.8 Å². The molecule has 0 spiro atoms. The lowest BCUT2D eigenvalue weighted by molar-refractivity contribution is -0.290. The summed E-state index contributed by atoms with van der Waals surface area (Å²) < 4.78 is 9.82. The van der Waals surface area contributed by atoms with Crippen LogP contribution in [0.5, 0.6) is 0 Å². The number of aliphatic hydroxyl groups is 4. The van der Waals surface area contributed by atoms with E-state index in [2.05, 4.69) is 5.32 Å². The van der Waals surface area contributed by atoms with Gasteiger partial charge in [-0.25, -0.2) is 0 Å². The molecule has 1 heterocycles. The van der Waals surface area contributed by atoms with Gasteiger partial charge in [-0.15, -0.1) is 0 Å². The van der Waals surface area contributed by atoms with Crippen LogP contribution in [0.1, 0.15) is 13.3 Å². The standard InChI is InChI=1S/C11H21NO7/c1-6(14)12-8-10(16)19-7(5-13)9(15)11(8,17)3-4-18-2/h7-10,13,15-17H,3-5H2,1-2H3,(H,12,14)/t7?,8?,9-,10-,11+/m1/s1. The number of carbonyl (C=O) groups excluding carboxylic acids is 1. The van der Waals surface area contributed by atoms with Crippen molar-refractivity contribution in [2.24, 2.45) is 0 Å². The predicted octanol–water partition coefficient (Wildman–Crippen LogP) is -2.67. The molecule has 1 rings (SSSR count). The van der Waals surface area contributed by atoms with E-state index in [0.717, 1.165) is 0 Å². The van der Waals surface area contributed by atoms with Crippen LogP contribution in [0.2, 0.25) is 0 Å². The monoisotopic (exact) mass is 279 g/mol. The third kappa shape index (κ3) is 3.41. The van der Waals surface area contributed by atoms with Crippen LogP contribution in [0.15, 0.2) is 0 Å². The van der Waals surface area contributed by atoms with Gasteiger partial charge in [0.15, 0.2) is 6.29 Å². The number of methoxy groups -OCH3 is 1. The summed E-state index contributed by atoms with van der Waals surface area (Å²) >= 11 is 0. The molecule has 2 unspecified atom stereocenters. The lowest BCUT2D eigenvalue weighted by Gasteiger charge is -2.48. The van der Waals surface area contributed by atoms with Gasteiger partial charge in [0.1, 0.15) is 23.9 Å². The van der Waals surface area contributed by atoms with Gasteiger partial charge in [0, 0.05) is 27.1 Å². The minimum atomic E-state index is -1.85. The predicted molar refractivity (Wildman–Crippen MR) is 63.0 cm³/mol. The van der Waals surface area contributed by atoms with E-state index in [-0.39, 0.29) is 13.0 Å². The van der Waals surface area contributed by atoms with Gasteiger partial charge < -0.3 is 35.2 Å². The van der Waals surface area contributed by atoms with Gasteiger partial charge in [-0.2, -0.15) is 0 Å². The Bertz CT molecular complexity index is 313. The molecular formula is C11H21NO7. The molecule has 0 aromatic carbocycles. The van der Waals surface area contributed by atoms with Gasteiger partial charge in [-0.1, -0.05) is 0 Å². The number of hydrogen-bond acceptors (Lipinski definition) is 7. The van der Waals surface area contributed by atoms with Crippen LogP contribution in [0.25, 0.3) is 0 Å². The van der Waals surface area contributed by atoms with Gasteiger partial charge in [-0.05, 0) is 0 Å². The summed E-state index contributed by atoms with van der Waals surface area (Å²) in [5, 5.41) is 41.9. The molecule has 0 aliphatic carbocycles. The average molecular weight is 279 g/mol. The Morgan fingerprint density at radius 2 is 2.11 bits per heavy atom. The number of rotatable bonds is 5. The van der Waals surface area contributed by atoms with E-state index in [4.69, 9.17) is 14.6 Å². The highest BCUT2D eigenvalue weighted by atomic mass is 16.6. The van der Waals surface area contributed by atoms with Crippen molar-refractivity contribution >= 4 is 5.91 Å². The summed E-state index contributed by atoms with van der Waals surface area (Å²) in [6, 6.07) is -1.21. The van der Waals surface area contributed by atoms with Gasteiger partial charge in [0.05, 0.1) is 6.61 Å². The molecule has 5 atom stereocenters. The molecule has 0 saturated carbocycles. The Hall–Kier alpha value is -0.770. The molecule has 8 heteroatoms. The van der Waals surface area contributed by atoms with Crippen molar-refractivity contribution in [2.45, 2.75) is 43.5 Å². The Balaban J connectivity index is 2.99. The Kier molecular flexibility index (Phi) is 5.65. The Labute approximate surface area is 110 Å². The summed E-state index contributed by atoms with van der Waals surface area (Å²) in [4.78, 5) is 11.1. The van der Waals surface area contributed by atoms with Crippen molar-refractivity contribution in [3.05, 3.63) is 0 Å². The molecule has 1 amide bonds. The molecule has 8 nitrogen and oxygen atoms in total. The minimum absolute atomic E-state index is 0.0352. The minimum Gasteiger partial charge on any atom is -0.394 e. The highest BCUT2D eigenvalue weighted by Gasteiger charge is 2.55. The summed E-state index contributed by atoms with van der Waals surface area (Å²) in [6.07, 6.45) is -4.17. The molecule has 1 fully saturated rings. The van der Waals surface area contributed by atoms with E-state index >= 15 is 0 Å². The summed E-state index contributed by atoms with van der Waals surface area (Å²) in [6.45, 7) is 0.753. The van der Waals surface area contributed by atoms with Crippen molar-refractivity contribution in [1.82, 2.24) is 5.32 Å². The Morgan fingerprint density at radius 3 is 2.58 bits per heavy atom. The van der Waals surface area contributed by atoms with Crippen molar-refractivity contribution in [2.75, 3.05) is 20.3 Å². The number of carbonyl (C=O) groups is 1. The van der Waals surface area contributed by atoms with E-state index in [1.807, 2.05) is 0 Å². The molecular weight excluding hydrogens is 258 g/mol. The molecule has 0 radical (unpaired) electrons. The van der Waals surface area contributed by atoms with Crippen molar-refractivity contribution < 1.29 is 34.7 Å². The van der Waals surface area contributed by atoms with E-state index < -0.39 is 42.7 Å². The van der Waals surface area contributed by atoms with Gasteiger partial charge in [-0.3, -0.25) is 4.79 Å². The van der Waals surface area contributed by atoms with Crippen LogP contribution < -0.4 is 5.32 Å². The van der Waals surface area contributed by atoms with Crippen LogP contribution >= 0.6 is 0 Å². The van der Waals surface area contributed by atoms with Crippen LogP contribution in [0.4, 0.5) is 0 Å². The number of aliphatic hydroxyl groups excluding tert-OH is 3. The molecule has 1 aliphatic rings. The number of hydrogen-bond donors (Lipinski definition) is 5. The summed E-state index contributed by atoms with van der Waals surface area (Å²) in [5.41, 5.74) is -1.85. The largest absolute Gasteiger partial charge is 0.394 e. The second-order valence-electron chi connectivity index (χ2n) is 4.60. The Morgan fingerprint density at radius 1 is 1.47 bits per heavy atom. The normalized spacial score (nSPS) is 39.1. The number of ether oxygens (including phenoxy) is 2. The van der Waals surface area contributed by atoms with Crippen LogP contribution in [0.3, 0.4) is 0 Å². The highest BCUT2D eigenvalue weighted by Crippen LogP contribution is 2.32. The summed E-state index contributed by atoms with van der Waals surface area (Å²) in [5.74, 6) is -0.488. The molecule has 0 bridgehead atoms. The fourth-order valence-electron chi connectivity index (χ4n) is 2.21. The molecule has 1 aliphatic heterocycles. The van der Waals surface area contributed by atoms with Crippen molar-refractivity contribution in [3.63, 3.8) is 0 Å². The van der Waals surface area contributed by atoms with E-state index in [1.165, 1.54) is 14.0 Å². The lowest BCUT2D eigenvalue weighted by Crippen LogP contribution is -2.71. The first-order valence-electron chi connectivity index (χ1n) is 5.97. The lowest BCUT2D eigenvalue weighted by atomic mass is 9.80. The van der Waals surface area contributed by atoms with Gasteiger partial charge in [0.25, 0.3) is 0 Å². The first kappa shape index (κ1) is 16.3. The smallest absolute Gasteiger partial charge is 0.217 e. The fraction of sp³-hybridized carbons (Fsp3) is 0.909. The second-order valence-corrected chi connectivity index (χ2v) is 4.60. The second kappa shape index (κ2) is 6.60. The third-order valence-corrected chi connectivity index (χ3v) is 3.25. The zero-order valence-corrected chi connectivity index (χ0v) is 10.9. The average Bonchev–Trinajstić information content (AvgIpc) is 2.36. The van der Waals surface area contributed by atoms with Crippen LogP contribution in [-0.2, 0) is 14.3 Å². The maximum atomic E-state index is 11.1. The number of nitrogens with one attached hydrogen (secondary N) is 1.